The van der Waals surface area contributed by atoms with Crippen LogP contribution in [0.2, 0.25) is 0 Å². The lowest BCUT2D eigenvalue weighted by Gasteiger charge is -2.39. The highest BCUT2D eigenvalue weighted by Crippen LogP contribution is 2.44. The molecular weight excluding hydrogens is 474 g/mol. The first-order chi connectivity index (χ1) is 16.4. The lowest BCUT2D eigenvalue weighted by molar-refractivity contribution is -0.202. The second-order valence-corrected chi connectivity index (χ2v) is 8.58. The first-order valence-electron chi connectivity index (χ1n) is 11.0. The summed E-state index contributed by atoms with van der Waals surface area (Å²) >= 11 is 0. The summed E-state index contributed by atoms with van der Waals surface area (Å²) in [6, 6.07) is 10.8. The minimum atomic E-state index is -4.94. The molecule has 4 nitrogen and oxygen atoms in total. The molecule has 0 aliphatic carbocycles. The molecule has 0 spiro atoms. The number of alkyl halides is 6. The second kappa shape index (κ2) is 9.66. The number of rotatable bonds is 5. The zero-order valence-corrected chi connectivity index (χ0v) is 19.0. The van der Waals surface area contributed by atoms with Gasteiger partial charge in [0.05, 0.1) is 23.8 Å². The molecule has 2 heterocycles. The van der Waals surface area contributed by atoms with E-state index in [9.17, 15) is 26.3 Å². The lowest BCUT2D eigenvalue weighted by Crippen LogP contribution is -2.37. The first-order valence-corrected chi connectivity index (χ1v) is 11.0. The maximum atomic E-state index is 13.3. The molecular formula is C25H24F6N2O2. The molecule has 4 atom stereocenters. The van der Waals surface area contributed by atoms with E-state index < -0.39 is 35.9 Å². The quantitative estimate of drug-likeness (QED) is 0.361. The standard InChI is InChI=1S/C25H24F6N2O2/c1-15(17-12-18(24(26,27)28)14-19(13-17)25(29,30)31)35-23-21(16-6-4-3-5-7-16)20(8-11-34-23)22-32-9-10-33(22)2/h3-7,9-10,12-15,20-21,23H,8,11H2,1-2H3/t15?,20-,21+,23?/m1/s1. The van der Waals surface area contributed by atoms with Gasteiger partial charge in [-0.1, -0.05) is 30.3 Å². The minimum Gasteiger partial charge on any atom is -0.352 e. The van der Waals surface area contributed by atoms with Crippen molar-refractivity contribution in [2.45, 2.75) is 49.9 Å². The lowest BCUT2D eigenvalue weighted by atomic mass is 9.81. The van der Waals surface area contributed by atoms with Crippen molar-refractivity contribution in [3.05, 3.63) is 89.0 Å². The zero-order chi connectivity index (χ0) is 25.4. The molecule has 188 valence electrons. The van der Waals surface area contributed by atoms with Crippen molar-refractivity contribution in [2.24, 2.45) is 7.05 Å². The highest BCUT2D eigenvalue weighted by molar-refractivity contribution is 5.35. The molecule has 35 heavy (non-hydrogen) atoms. The molecule has 1 saturated heterocycles. The third kappa shape index (κ3) is 5.54. The Labute approximate surface area is 198 Å². The number of benzene rings is 2. The monoisotopic (exact) mass is 498 g/mol. The SMILES string of the molecule is CC(OC1OCC[C@@H](c2nccn2C)[C@@H]1c1ccccc1)c1cc(C(F)(F)F)cc(C(F)(F)F)c1. The zero-order valence-electron chi connectivity index (χ0n) is 19.0. The van der Waals surface area contributed by atoms with Gasteiger partial charge in [-0.15, -0.1) is 0 Å². The highest BCUT2D eigenvalue weighted by Gasteiger charge is 2.41. The summed E-state index contributed by atoms with van der Waals surface area (Å²) in [4.78, 5) is 4.47. The molecule has 0 bridgehead atoms. The average Bonchev–Trinajstić information content (AvgIpc) is 3.23. The van der Waals surface area contributed by atoms with Crippen molar-refractivity contribution in [1.29, 1.82) is 0 Å². The van der Waals surface area contributed by atoms with Crippen LogP contribution >= 0.6 is 0 Å². The van der Waals surface area contributed by atoms with Crippen molar-refractivity contribution < 1.29 is 35.8 Å². The minimum absolute atomic E-state index is 0.108. The van der Waals surface area contributed by atoms with Gasteiger partial charge in [0.2, 0.25) is 0 Å². The number of aromatic nitrogens is 2. The van der Waals surface area contributed by atoms with E-state index in [1.54, 1.807) is 6.20 Å². The molecule has 1 aliphatic heterocycles. The van der Waals surface area contributed by atoms with Gasteiger partial charge in [0.25, 0.3) is 0 Å². The summed E-state index contributed by atoms with van der Waals surface area (Å²) < 4.78 is 93.9. The predicted molar refractivity (Wildman–Crippen MR) is 115 cm³/mol. The normalized spacial score (nSPS) is 22.2. The number of ether oxygens (including phenoxy) is 2. The number of hydrogen-bond acceptors (Lipinski definition) is 3. The van der Waals surface area contributed by atoms with Crippen LogP contribution in [0.3, 0.4) is 0 Å². The van der Waals surface area contributed by atoms with Gasteiger partial charge in [-0.25, -0.2) is 4.98 Å². The van der Waals surface area contributed by atoms with E-state index in [2.05, 4.69) is 4.98 Å². The summed E-state index contributed by atoms with van der Waals surface area (Å²) in [7, 11) is 1.86. The Morgan fingerprint density at radius 2 is 1.63 bits per heavy atom. The molecule has 1 aromatic heterocycles. The van der Waals surface area contributed by atoms with Gasteiger partial charge >= 0.3 is 12.4 Å². The van der Waals surface area contributed by atoms with E-state index in [1.165, 1.54) is 6.92 Å². The molecule has 2 aromatic carbocycles. The number of nitrogens with zero attached hydrogens (tertiary/aromatic N) is 2. The summed E-state index contributed by atoms with van der Waals surface area (Å²) in [6.07, 6.45) is -7.78. The van der Waals surface area contributed by atoms with Gasteiger partial charge in [0, 0.05) is 31.3 Å². The first kappa shape index (κ1) is 25.2. The number of aryl methyl sites for hydroxylation is 1. The fourth-order valence-corrected chi connectivity index (χ4v) is 4.49. The second-order valence-electron chi connectivity index (χ2n) is 8.58. The van der Waals surface area contributed by atoms with Gasteiger partial charge in [-0.3, -0.25) is 0 Å². The fourth-order valence-electron chi connectivity index (χ4n) is 4.49. The Morgan fingerprint density at radius 3 is 2.17 bits per heavy atom. The molecule has 1 fully saturated rings. The molecule has 1 aliphatic rings. The Bertz CT molecular complexity index is 1110. The Balaban J connectivity index is 1.69. The summed E-state index contributed by atoms with van der Waals surface area (Å²) in [5, 5.41) is 0. The maximum Gasteiger partial charge on any atom is 0.416 e. The largest absolute Gasteiger partial charge is 0.416 e. The molecule has 10 heteroatoms. The van der Waals surface area contributed by atoms with Crippen LogP contribution in [0.1, 0.15) is 59.4 Å². The third-order valence-electron chi connectivity index (χ3n) is 6.23. The van der Waals surface area contributed by atoms with Crippen molar-refractivity contribution in [1.82, 2.24) is 9.55 Å². The van der Waals surface area contributed by atoms with Gasteiger partial charge in [0.15, 0.2) is 6.29 Å². The van der Waals surface area contributed by atoms with Crippen LogP contribution in [0, 0.1) is 0 Å². The highest BCUT2D eigenvalue weighted by atomic mass is 19.4. The molecule has 3 aromatic rings. The Morgan fingerprint density at radius 1 is 1.00 bits per heavy atom. The van der Waals surface area contributed by atoms with Crippen LogP contribution in [-0.4, -0.2) is 22.4 Å². The van der Waals surface area contributed by atoms with E-state index in [1.807, 2.05) is 48.1 Å². The Hall–Kier alpha value is -2.85. The van der Waals surface area contributed by atoms with Gasteiger partial charge in [0.1, 0.15) is 5.82 Å². The summed E-state index contributed by atoms with van der Waals surface area (Å²) in [5.41, 5.74) is -2.13. The van der Waals surface area contributed by atoms with Crippen molar-refractivity contribution in [3.63, 3.8) is 0 Å². The van der Waals surface area contributed by atoms with Crippen LogP contribution in [0.5, 0.6) is 0 Å². The third-order valence-corrected chi connectivity index (χ3v) is 6.23. The Kier molecular flexibility index (Phi) is 6.97. The van der Waals surface area contributed by atoms with E-state index in [-0.39, 0.29) is 23.5 Å². The van der Waals surface area contributed by atoms with Crippen LogP contribution < -0.4 is 0 Å². The number of imidazole rings is 1. The van der Waals surface area contributed by atoms with E-state index in [0.717, 1.165) is 11.4 Å². The van der Waals surface area contributed by atoms with Gasteiger partial charge in [-0.05, 0) is 42.7 Å². The fraction of sp³-hybridized carbons (Fsp3) is 0.400. The molecule has 2 unspecified atom stereocenters. The van der Waals surface area contributed by atoms with Crippen LogP contribution in [0.4, 0.5) is 26.3 Å². The van der Waals surface area contributed by atoms with Crippen molar-refractivity contribution in [2.75, 3.05) is 6.61 Å². The van der Waals surface area contributed by atoms with Gasteiger partial charge in [-0.2, -0.15) is 26.3 Å². The topological polar surface area (TPSA) is 36.3 Å². The van der Waals surface area contributed by atoms with Crippen LogP contribution in [-0.2, 0) is 28.9 Å². The predicted octanol–water partition coefficient (Wildman–Crippen LogP) is 6.85. The average molecular weight is 498 g/mol. The smallest absolute Gasteiger partial charge is 0.352 e. The molecule has 0 saturated carbocycles. The molecule has 0 N–H and O–H groups in total. The molecule has 0 radical (unpaired) electrons. The number of hydrogen-bond donors (Lipinski definition) is 0. The van der Waals surface area contributed by atoms with E-state index in [4.69, 9.17) is 9.47 Å². The molecule has 4 rings (SSSR count). The van der Waals surface area contributed by atoms with Crippen molar-refractivity contribution >= 4 is 0 Å². The van der Waals surface area contributed by atoms with E-state index >= 15 is 0 Å². The summed E-state index contributed by atoms with van der Waals surface area (Å²) in [5.74, 6) is 0.291. The van der Waals surface area contributed by atoms with Crippen LogP contribution in [0.25, 0.3) is 0 Å². The maximum absolute atomic E-state index is 13.3. The van der Waals surface area contributed by atoms with Crippen molar-refractivity contribution in [3.8, 4) is 0 Å². The van der Waals surface area contributed by atoms with Gasteiger partial charge < -0.3 is 14.0 Å². The summed E-state index contributed by atoms with van der Waals surface area (Å²) in [6.45, 7) is 1.72. The van der Waals surface area contributed by atoms with E-state index in [0.29, 0.717) is 25.2 Å². The van der Waals surface area contributed by atoms with Crippen LogP contribution in [0.15, 0.2) is 60.9 Å². The number of halogens is 6. The molecule has 0 amide bonds.